The molecule has 0 aromatic rings. The Kier molecular flexibility index (Phi) is 5.02. The lowest BCUT2D eigenvalue weighted by Crippen LogP contribution is -2.71. The molecule has 1 saturated carbocycles. The second kappa shape index (κ2) is 6.12. The van der Waals surface area contributed by atoms with E-state index in [0.29, 0.717) is 25.9 Å². The minimum atomic E-state index is -0.973. The van der Waals surface area contributed by atoms with Gasteiger partial charge in [-0.15, -0.1) is 0 Å². The van der Waals surface area contributed by atoms with E-state index in [1.807, 2.05) is 20.8 Å². The maximum atomic E-state index is 12.5. The summed E-state index contributed by atoms with van der Waals surface area (Å²) in [6, 6.07) is 0. The maximum Gasteiger partial charge on any atom is 0.410 e. The van der Waals surface area contributed by atoms with Crippen LogP contribution in [0.25, 0.3) is 0 Å². The van der Waals surface area contributed by atoms with Gasteiger partial charge < -0.3 is 20.5 Å². The van der Waals surface area contributed by atoms with Crippen molar-refractivity contribution in [1.82, 2.24) is 4.90 Å². The molecule has 25 heavy (non-hydrogen) atoms. The van der Waals surface area contributed by atoms with E-state index in [9.17, 15) is 9.90 Å². The normalized spacial score (nSPS) is 31.5. The van der Waals surface area contributed by atoms with Crippen molar-refractivity contribution in [2.75, 3.05) is 13.1 Å². The maximum absolute atomic E-state index is 12.5. The molecular formula is C20H38N2O3. The molecule has 1 saturated heterocycles. The predicted molar refractivity (Wildman–Crippen MR) is 100 cm³/mol. The molecule has 1 unspecified atom stereocenters. The lowest BCUT2D eigenvalue weighted by molar-refractivity contribution is -0.145. The van der Waals surface area contributed by atoms with Gasteiger partial charge in [-0.05, 0) is 63.7 Å². The Bertz CT molecular complexity index is 506. The molecule has 5 heteroatoms. The highest BCUT2D eigenvalue weighted by Gasteiger charge is 2.57. The fourth-order valence-electron chi connectivity index (χ4n) is 5.36. The van der Waals surface area contributed by atoms with Gasteiger partial charge in [0, 0.05) is 13.1 Å². The van der Waals surface area contributed by atoms with Gasteiger partial charge in [-0.1, -0.05) is 27.7 Å². The number of carbonyl (C=O) groups excluding carboxylic acids is 1. The number of hydrogen-bond donors (Lipinski definition) is 2. The van der Waals surface area contributed by atoms with Crippen LogP contribution in [-0.2, 0) is 4.74 Å². The molecule has 0 bridgehead atoms. The Balaban J connectivity index is 2.23. The van der Waals surface area contributed by atoms with Crippen molar-refractivity contribution in [1.29, 1.82) is 0 Å². The Morgan fingerprint density at radius 2 is 1.60 bits per heavy atom. The fourth-order valence-corrected chi connectivity index (χ4v) is 5.36. The third-order valence-corrected chi connectivity index (χ3v) is 5.60. The van der Waals surface area contributed by atoms with E-state index >= 15 is 0 Å². The first-order chi connectivity index (χ1) is 11.1. The van der Waals surface area contributed by atoms with E-state index in [-0.39, 0.29) is 16.9 Å². The first-order valence-electron chi connectivity index (χ1n) is 9.56. The van der Waals surface area contributed by atoms with Gasteiger partial charge in [-0.2, -0.15) is 0 Å². The number of piperidine rings is 1. The van der Waals surface area contributed by atoms with Crippen molar-refractivity contribution < 1.29 is 14.6 Å². The highest BCUT2D eigenvalue weighted by Crippen LogP contribution is 2.54. The molecule has 1 aliphatic carbocycles. The van der Waals surface area contributed by atoms with Crippen LogP contribution in [0.5, 0.6) is 0 Å². The molecule has 3 N–H and O–H groups in total. The number of hydrogen-bond acceptors (Lipinski definition) is 4. The molecule has 1 amide bonds. The van der Waals surface area contributed by atoms with Crippen molar-refractivity contribution in [2.45, 2.75) is 97.3 Å². The average molecular weight is 355 g/mol. The molecule has 2 fully saturated rings. The van der Waals surface area contributed by atoms with Crippen molar-refractivity contribution >= 4 is 6.09 Å². The molecule has 1 atom stereocenters. The van der Waals surface area contributed by atoms with Crippen LogP contribution in [0.3, 0.4) is 0 Å². The van der Waals surface area contributed by atoms with Gasteiger partial charge in [0.05, 0.1) is 11.1 Å². The van der Waals surface area contributed by atoms with Crippen LogP contribution in [0.4, 0.5) is 4.79 Å². The van der Waals surface area contributed by atoms with Crippen LogP contribution in [0, 0.1) is 10.8 Å². The van der Waals surface area contributed by atoms with Gasteiger partial charge >= 0.3 is 6.09 Å². The average Bonchev–Trinajstić information content (AvgIpc) is 2.32. The van der Waals surface area contributed by atoms with E-state index < -0.39 is 16.7 Å². The number of carbonyl (C=O) groups is 1. The van der Waals surface area contributed by atoms with Gasteiger partial charge in [-0.3, -0.25) is 0 Å². The number of nitrogens with two attached hydrogens (primary N) is 1. The summed E-state index contributed by atoms with van der Waals surface area (Å²) in [6.45, 7) is 15.4. The number of aliphatic hydroxyl groups is 1. The number of nitrogens with zero attached hydrogens (tertiary/aromatic N) is 1. The second-order valence-corrected chi connectivity index (χ2v) is 11.1. The zero-order valence-corrected chi connectivity index (χ0v) is 17.2. The monoisotopic (exact) mass is 354 g/mol. The van der Waals surface area contributed by atoms with Gasteiger partial charge in [0.2, 0.25) is 0 Å². The Morgan fingerprint density at radius 3 is 2.08 bits per heavy atom. The smallest absolute Gasteiger partial charge is 0.410 e. The highest BCUT2D eigenvalue weighted by molar-refractivity contribution is 5.68. The summed E-state index contributed by atoms with van der Waals surface area (Å²) in [4.78, 5) is 14.2. The molecule has 2 rings (SSSR count). The second-order valence-electron chi connectivity index (χ2n) is 11.1. The number of amides is 1. The van der Waals surface area contributed by atoms with Crippen LogP contribution in [0.2, 0.25) is 0 Å². The minimum Gasteiger partial charge on any atom is -0.444 e. The summed E-state index contributed by atoms with van der Waals surface area (Å²) < 4.78 is 5.52. The van der Waals surface area contributed by atoms with Crippen LogP contribution in [0.1, 0.15) is 80.6 Å². The Hall–Kier alpha value is -0.810. The fraction of sp³-hybridized carbons (Fsp3) is 0.950. The molecule has 0 spiro atoms. The Morgan fingerprint density at radius 1 is 1.08 bits per heavy atom. The zero-order chi connectivity index (χ0) is 19.3. The lowest BCUT2D eigenvalue weighted by atomic mass is 9.54. The molecule has 2 aliphatic rings. The summed E-state index contributed by atoms with van der Waals surface area (Å²) in [6.07, 6.45) is 3.59. The molecule has 146 valence electrons. The van der Waals surface area contributed by atoms with E-state index in [2.05, 4.69) is 27.7 Å². The SMILES string of the molecule is CC1(C)CC(C)(C)CC(O)(C2(N)CCCN(C(=O)OC(C)(C)C)C2)C1. The largest absolute Gasteiger partial charge is 0.444 e. The molecule has 1 aliphatic heterocycles. The Labute approximate surface area is 153 Å². The van der Waals surface area contributed by atoms with Crippen LogP contribution < -0.4 is 5.73 Å². The standard InChI is InChI=1S/C20H38N2O3/c1-16(2,3)25-15(23)22-10-8-9-19(21,14-22)20(24)12-17(4,5)11-18(6,7)13-20/h24H,8-14,21H2,1-7H3. The van der Waals surface area contributed by atoms with Gasteiger partial charge in [0.15, 0.2) is 0 Å². The zero-order valence-electron chi connectivity index (χ0n) is 17.2. The third kappa shape index (κ3) is 4.68. The molecule has 5 nitrogen and oxygen atoms in total. The van der Waals surface area contributed by atoms with Gasteiger partial charge in [0.25, 0.3) is 0 Å². The van der Waals surface area contributed by atoms with Crippen molar-refractivity contribution in [3.05, 3.63) is 0 Å². The van der Waals surface area contributed by atoms with E-state index in [1.54, 1.807) is 4.90 Å². The van der Waals surface area contributed by atoms with E-state index in [1.165, 1.54) is 0 Å². The quantitative estimate of drug-likeness (QED) is 0.753. The third-order valence-electron chi connectivity index (χ3n) is 5.60. The number of ether oxygens (including phenoxy) is 1. The molecule has 0 aromatic carbocycles. The molecule has 0 aromatic heterocycles. The van der Waals surface area contributed by atoms with Crippen LogP contribution in [-0.4, -0.2) is 45.9 Å². The number of rotatable bonds is 1. The van der Waals surface area contributed by atoms with E-state index in [4.69, 9.17) is 10.5 Å². The molecular weight excluding hydrogens is 316 g/mol. The van der Waals surface area contributed by atoms with Gasteiger partial charge in [-0.25, -0.2) is 4.79 Å². The topological polar surface area (TPSA) is 75.8 Å². The van der Waals surface area contributed by atoms with E-state index in [0.717, 1.165) is 19.3 Å². The van der Waals surface area contributed by atoms with Crippen molar-refractivity contribution in [3.8, 4) is 0 Å². The molecule has 0 radical (unpaired) electrons. The van der Waals surface area contributed by atoms with Crippen LogP contribution >= 0.6 is 0 Å². The molecule has 1 heterocycles. The summed E-state index contributed by atoms with van der Waals surface area (Å²) in [5.74, 6) is 0. The lowest BCUT2D eigenvalue weighted by Gasteiger charge is -2.58. The first-order valence-corrected chi connectivity index (χ1v) is 9.56. The van der Waals surface area contributed by atoms with Crippen molar-refractivity contribution in [2.24, 2.45) is 16.6 Å². The summed E-state index contributed by atoms with van der Waals surface area (Å²) in [5, 5.41) is 11.7. The summed E-state index contributed by atoms with van der Waals surface area (Å²) in [7, 11) is 0. The highest BCUT2D eigenvalue weighted by atomic mass is 16.6. The summed E-state index contributed by atoms with van der Waals surface area (Å²) in [5.41, 5.74) is 4.55. The number of likely N-dealkylation sites (tertiary alicyclic amines) is 1. The van der Waals surface area contributed by atoms with Crippen LogP contribution in [0.15, 0.2) is 0 Å². The summed E-state index contributed by atoms with van der Waals surface area (Å²) >= 11 is 0. The minimum absolute atomic E-state index is 0.0249. The predicted octanol–water partition coefficient (Wildman–Crippen LogP) is 3.68. The van der Waals surface area contributed by atoms with Gasteiger partial charge in [0.1, 0.15) is 5.60 Å². The van der Waals surface area contributed by atoms with Crippen molar-refractivity contribution in [3.63, 3.8) is 0 Å². The first kappa shape index (κ1) is 20.5.